The van der Waals surface area contributed by atoms with Gasteiger partial charge in [0.15, 0.2) is 0 Å². The van der Waals surface area contributed by atoms with E-state index in [4.69, 9.17) is 4.74 Å². The summed E-state index contributed by atoms with van der Waals surface area (Å²) < 4.78 is 5.23. The molecule has 0 radical (unpaired) electrons. The highest BCUT2D eigenvalue weighted by Crippen LogP contribution is 2.40. The first-order chi connectivity index (χ1) is 7.26. The van der Waals surface area contributed by atoms with E-state index in [9.17, 15) is 5.11 Å². The molecule has 1 aliphatic carbocycles. The summed E-state index contributed by atoms with van der Waals surface area (Å²) in [5, 5.41) is 9.45. The average molecular weight is 214 g/mol. The van der Waals surface area contributed by atoms with Gasteiger partial charge < -0.3 is 9.84 Å². The van der Waals surface area contributed by atoms with Gasteiger partial charge in [-0.1, -0.05) is 26.2 Å². The zero-order chi connectivity index (χ0) is 11.1. The van der Waals surface area contributed by atoms with E-state index in [1.54, 1.807) is 7.11 Å². The van der Waals surface area contributed by atoms with Crippen LogP contribution in [0.3, 0.4) is 0 Å². The summed E-state index contributed by atoms with van der Waals surface area (Å²) in [6.07, 6.45) is 8.90. The van der Waals surface area contributed by atoms with E-state index >= 15 is 0 Å². The van der Waals surface area contributed by atoms with Gasteiger partial charge in [-0.05, 0) is 31.6 Å². The fourth-order valence-corrected chi connectivity index (χ4v) is 2.73. The van der Waals surface area contributed by atoms with Crippen LogP contribution in [0.1, 0.15) is 51.9 Å². The first-order valence-corrected chi connectivity index (χ1v) is 6.36. The van der Waals surface area contributed by atoms with Crippen molar-refractivity contribution in [3.05, 3.63) is 0 Å². The number of ether oxygens (including phenoxy) is 1. The van der Waals surface area contributed by atoms with E-state index in [1.165, 1.54) is 32.1 Å². The summed E-state index contributed by atoms with van der Waals surface area (Å²) >= 11 is 0. The molecule has 0 bridgehead atoms. The quantitative estimate of drug-likeness (QED) is 0.736. The van der Waals surface area contributed by atoms with Crippen molar-refractivity contribution in [2.45, 2.75) is 51.9 Å². The van der Waals surface area contributed by atoms with E-state index in [2.05, 4.69) is 6.92 Å². The highest BCUT2D eigenvalue weighted by molar-refractivity contribution is 4.85. The van der Waals surface area contributed by atoms with Crippen LogP contribution in [0.15, 0.2) is 0 Å². The van der Waals surface area contributed by atoms with Crippen molar-refractivity contribution < 1.29 is 9.84 Å². The first kappa shape index (κ1) is 13.0. The van der Waals surface area contributed by atoms with Crippen molar-refractivity contribution in [3.63, 3.8) is 0 Å². The van der Waals surface area contributed by atoms with E-state index in [0.717, 1.165) is 25.4 Å². The number of aliphatic hydroxyl groups is 1. The second-order valence-corrected chi connectivity index (χ2v) is 5.18. The Bertz CT molecular complexity index is 160. The molecule has 1 saturated carbocycles. The molecule has 0 heterocycles. The van der Waals surface area contributed by atoms with Crippen LogP contribution in [-0.2, 0) is 4.74 Å². The van der Waals surface area contributed by atoms with E-state index < -0.39 is 0 Å². The summed E-state index contributed by atoms with van der Waals surface area (Å²) in [4.78, 5) is 0. The predicted octanol–water partition coefficient (Wildman–Crippen LogP) is 2.99. The monoisotopic (exact) mass is 214 g/mol. The normalized spacial score (nSPS) is 31.8. The second kappa shape index (κ2) is 6.49. The molecular weight excluding hydrogens is 188 g/mol. The topological polar surface area (TPSA) is 29.5 Å². The lowest BCUT2D eigenvalue weighted by Gasteiger charge is -2.38. The molecule has 90 valence electrons. The Morgan fingerprint density at radius 1 is 1.33 bits per heavy atom. The van der Waals surface area contributed by atoms with E-state index in [1.807, 2.05) is 0 Å². The number of methoxy groups -OCH3 is 1. The zero-order valence-corrected chi connectivity index (χ0v) is 10.3. The SMILES string of the molecule is CCCCC1CCC(CO)(COC)CC1. The Labute approximate surface area is 94.0 Å². The first-order valence-electron chi connectivity index (χ1n) is 6.36. The minimum atomic E-state index is 0.0808. The number of unbranched alkanes of at least 4 members (excludes halogenated alkanes) is 1. The maximum atomic E-state index is 9.45. The number of rotatable bonds is 6. The molecular formula is C13H26O2. The summed E-state index contributed by atoms with van der Waals surface area (Å²) in [5.41, 5.74) is 0.0808. The number of hydrogen-bond acceptors (Lipinski definition) is 2. The molecule has 0 atom stereocenters. The Morgan fingerprint density at radius 3 is 2.47 bits per heavy atom. The van der Waals surface area contributed by atoms with Gasteiger partial charge in [0.05, 0.1) is 13.2 Å². The lowest BCUT2D eigenvalue weighted by atomic mass is 9.70. The molecule has 0 amide bonds. The van der Waals surface area contributed by atoms with E-state index in [-0.39, 0.29) is 5.41 Å². The average Bonchev–Trinajstić information content (AvgIpc) is 2.29. The second-order valence-electron chi connectivity index (χ2n) is 5.18. The molecule has 0 unspecified atom stereocenters. The highest BCUT2D eigenvalue weighted by atomic mass is 16.5. The van der Waals surface area contributed by atoms with Crippen LogP contribution in [0.4, 0.5) is 0 Å². The van der Waals surface area contributed by atoms with Crippen molar-refractivity contribution in [1.29, 1.82) is 0 Å². The molecule has 0 aromatic heterocycles. The summed E-state index contributed by atoms with van der Waals surface area (Å²) in [7, 11) is 1.74. The lowest BCUT2D eigenvalue weighted by molar-refractivity contribution is -0.00851. The third-order valence-corrected chi connectivity index (χ3v) is 3.92. The lowest BCUT2D eigenvalue weighted by Crippen LogP contribution is -2.35. The van der Waals surface area contributed by atoms with Crippen LogP contribution in [-0.4, -0.2) is 25.4 Å². The third-order valence-electron chi connectivity index (χ3n) is 3.92. The van der Waals surface area contributed by atoms with Crippen LogP contribution in [0.25, 0.3) is 0 Å². The van der Waals surface area contributed by atoms with Gasteiger partial charge in [0.1, 0.15) is 0 Å². The van der Waals surface area contributed by atoms with Gasteiger partial charge in [-0.15, -0.1) is 0 Å². The largest absolute Gasteiger partial charge is 0.396 e. The van der Waals surface area contributed by atoms with Gasteiger partial charge in [-0.25, -0.2) is 0 Å². The zero-order valence-electron chi connectivity index (χ0n) is 10.3. The fourth-order valence-electron chi connectivity index (χ4n) is 2.73. The Balaban J connectivity index is 2.32. The molecule has 0 spiro atoms. The molecule has 1 aliphatic rings. The molecule has 1 N–H and O–H groups in total. The molecule has 1 fully saturated rings. The molecule has 15 heavy (non-hydrogen) atoms. The van der Waals surface area contributed by atoms with Crippen molar-refractivity contribution in [2.75, 3.05) is 20.3 Å². The molecule has 0 aliphatic heterocycles. The third kappa shape index (κ3) is 3.76. The van der Waals surface area contributed by atoms with Gasteiger partial charge in [-0.2, -0.15) is 0 Å². The Hall–Kier alpha value is -0.0800. The minimum Gasteiger partial charge on any atom is -0.396 e. The van der Waals surface area contributed by atoms with Gasteiger partial charge in [0.25, 0.3) is 0 Å². The van der Waals surface area contributed by atoms with Crippen molar-refractivity contribution in [3.8, 4) is 0 Å². The maximum Gasteiger partial charge on any atom is 0.0540 e. The standard InChI is InChI=1S/C13H26O2/c1-3-4-5-12-6-8-13(10-14,9-7-12)11-15-2/h12,14H,3-11H2,1-2H3. The highest BCUT2D eigenvalue weighted by Gasteiger charge is 2.34. The van der Waals surface area contributed by atoms with Gasteiger partial charge in [-0.3, -0.25) is 0 Å². The summed E-state index contributed by atoms with van der Waals surface area (Å²) in [6.45, 7) is 3.27. The molecule has 1 rings (SSSR count). The smallest absolute Gasteiger partial charge is 0.0540 e. The number of hydrogen-bond donors (Lipinski definition) is 1. The van der Waals surface area contributed by atoms with Crippen LogP contribution in [0.5, 0.6) is 0 Å². The number of aliphatic hydroxyl groups excluding tert-OH is 1. The predicted molar refractivity (Wildman–Crippen MR) is 62.9 cm³/mol. The summed E-state index contributed by atoms with van der Waals surface area (Å²) in [6, 6.07) is 0. The van der Waals surface area contributed by atoms with Crippen LogP contribution < -0.4 is 0 Å². The van der Waals surface area contributed by atoms with E-state index in [0.29, 0.717) is 6.61 Å². The Kier molecular flexibility index (Phi) is 5.62. The Morgan fingerprint density at radius 2 is 2.00 bits per heavy atom. The molecule has 2 heteroatoms. The molecule has 0 saturated heterocycles. The van der Waals surface area contributed by atoms with Crippen molar-refractivity contribution in [1.82, 2.24) is 0 Å². The minimum absolute atomic E-state index is 0.0808. The van der Waals surface area contributed by atoms with Gasteiger partial charge >= 0.3 is 0 Å². The van der Waals surface area contributed by atoms with Crippen molar-refractivity contribution in [2.24, 2.45) is 11.3 Å². The van der Waals surface area contributed by atoms with Crippen LogP contribution >= 0.6 is 0 Å². The molecule has 0 aromatic carbocycles. The van der Waals surface area contributed by atoms with Crippen molar-refractivity contribution >= 4 is 0 Å². The maximum absolute atomic E-state index is 9.45. The molecule has 0 aromatic rings. The van der Waals surface area contributed by atoms with Gasteiger partial charge in [0.2, 0.25) is 0 Å². The van der Waals surface area contributed by atoms with Crippen LogP contribution in [0.2, 0.25) is 0 Å². The molecule has 2 nitrogen and oxygen atoms in total. The van der Waals surface area contributed by atoms with Crippen LogP contribution in [0, 0.1) is 11.3 Å². The fraction of sp³-hybridized carbons (Fsp3) is 1.00. The van der Waals surface area contributed by atoms with Gasteiger partial charge in [0, 0.05) is 12.5 Å². The summed E-state index contributed by atoms with van der Waals surface area (Å²) in [5.74, 6) is 0.904.